The zero-order valence-electron chi connectivity index (χ0n) is 7.62. The highest BCUT2D eigenvalue weighted by Gasteiger charge is 2.23. The van der Waals surface area contributed by atoms with Gasteiger partial charge in [0.2, 0.25) is 0 Å². The Kier molecular flexibility index (Phi) is 4.60. The van der Waals surface area contributed by atoms with E-state index in [9.17, 15) is 0 Å². The third kappa shape index (κ3) is 3.16. The van der Waals surface area contributed by atoms with Crippen molar-refractivity contribution in [3.05, 3.63) is 0 Å². The van der Waals surface area contributed by atoms with Gasteiger partial charge in [-0.15, -0.1) is 0 Å². The van der Waals surface area contributed by atoms with Crippen LogP contribution < -0.4 is 0 Å². The van der Waals surface area contributed by atoms with Crippen LogP contribution in [0.3, 0.4) is 0 Å². The zero-order valence-corrected chi connectivity index (χ0v) is 7.62. The summed E-state index contributed by atoms with van der Waals surface area (Å²) in [4.78, 5) is 1.95. The van der Waals surface area contributed by atoms with Crippen LogP contribution in [0.2, 0.25) is 0 Å². The summed E-state index contributed by atoms with van der Waals surface area (Å²) in [7, 11) is 3.85. The van der Waals surface area contributed by atoms with Gasteiger partial charge in [0.15, 0.2) is 13.5 Å². The van der Waals surface area contributed by atoms with Crippen LogP contribution in [-0.2, 0) is 0 Å². The number of rotatable bonds is 5. The lowest BCUT2D eigenvalue weighted by atomic mass is 10.5. The number of hydrogen-bond acceptors (Lipinski definition) is 3. The van der Waals surface area contributed by atoms with Gasteiger partial charge >= 0.3 is 0 Å². The van der Waals surface area contributed by atoms with Gasteiger partial charge in [0.1, 0.15) is 6.67 Å². The van der Waals surface area contributed by atoms with Crippen molar-refractivity contribution < 1.29 is 14.7 Å². The topological polar surface area (TPSA) is 43.7 Å². The molecule has 0 aliphatic heterocycles. The molecule has 0 aromatic heterocycles. The van der Waals surface area contributed by atoms with E-state index in [0.717, 1.165) is 6.54 Å². The summed E-state index contributed by atoms with van der Waals surface area (Å²) in [6.45, 7) is 3.35. The minimum absolute atomic E-state index is 0.00875. The molecule has 68 valence electrons. The van der Waals surface area contributed by atoms with E-state index < -0.39 is 0 Å². The van der Waals surface area contributed by atoms with Crippen LogP contribution in [0, 0.1) is 0 Å². The number of aliphatic hydroxyl groups is 2. The van der Waals surface area contributed by atoms with Gasteiger partial charge in [-0.05, 0) is 21.0 Å². The molecule has 4 nitrogen and oxygen atoms in total. The Morgan fingerprint density at radius 1 is 1.18 bits per heavy atom. The maximum absolute atomic E-state index is 9.01. The van der Waals surface area contributed by atoms with Crippen molar-refractivity contribution in [2.75, 3.05) is 40.8 Å². The maximum Gasteiger partial charge on any atom is 0.183 e. The predicted octanol–water partition coefficient (Wildman–Crippen LogP) is -0.758. The number of nitrogens with zero attached hydrogens (tertiary/aromatic N) is 2. The van der Waals surface area contributed by atoms with Crippen molar-refractivity contribution in [1.29, 1.82) is 0 Å². The fraction of sp³-hybridized carbons (Fsp3) is 1.00. The molecule has 0 spiro atoms. The normalized spacial score (nSPS) is 12.5. The van der Waals surface area contributed by atoms with E-state index in [1.165, 1.54) is 0 Å². The number of aliphatic hydroxyl groups excluding tert-OH is 2. The fourth-order valence-corrected chi connectivity index (χ4v) is 1.03. The minimum Gasteiger partial charge on any atom is -0.347 e. The van der Waals surface area contributed by atoms with E-state index in [-0.39, 0.29) is 13.5 Å². The van der Waals surface area contributed by atoms with Crippen molar-refractivity contribution in [2.45, 2.75) is 6.92 Å². The predicted molar refractivity (Wildman–Crippen MR) is 43.5 cm³/mol. The van der Waals surface area contributed by atoms with Crippen LogP contribution in [0.15, 0.2) is 0 Å². The second-order valence-corrected chi connectivity index (χ2v) is 3.16. The summed E-state index contributed by atoms with van der Waals surface area (Å²) in [5.74, 6) is 0. The molecule has 0 radical (unpaired) electrons. The van der Waals surface area contributed by atoms with E-state index in [2.05, 4.69) is 0 Å². The highest BCUT2D eigenvalue weighted by molar-refractivity contribution is 4.31. The van der Waals surface area contributed by atoms with E-state index in [1.54, 1.807) is 0 Å². The Bertz CT molecular complexity index is 94.3. The standard InChI is InChI=1S/C7H19N2O2/c1-4-9(6-10,7-11)5-8(2)3/h10-11H,4-7H2,1-3H3/q+1. The molecule has 4 heteroatoms. The Labute approximate surface area is 68.2 Å². The molecule has 0 fully saturated rings. The summed E-state index contributed by atoms with van der Waals surface area (Å²) >= 11 is 0. The molecule has 11 heavy (non-hydrogen) atoms. The molecule has 0 atom stereocenters. The molecule has 0 aromatic rings. The van der Waals surface area contributed by atoms with Crippen LogP contribution in [0.1, 0.15) is 6.92 Å². The Hall–Kier alpha value is -0.160. The average molecular weight is 163 g/mol. The van der Waals surface area contributed by atoms with Crippen molar-refractivity contribution >= 4 is 0 Å². The van der Waals surface area contributed by atoms with Crippen molar-refractivity contribution in [2.24, 2.45) is 0 Å². The lowest BCUT2D eigenvalue weighted by molar-refractivity contribution is -0.967. The first-order chi connectivity index (χ1) is 5.10. The molecule has 0 saturated heterocycles. The SMILES string of the molecule is CC[N+](CO)(CO)CN(C)C. The summed E-state index contributed by atoms with van der Waals surface area (Å²) < 4.78 is 0.326. The monoisotopic (exact) mass is 163 g/mol. The average Bonchev–Trinajstić information content (AvgIpc) is 2.00. The van der Waals surface area contributed by atoms with Crippen LogP contribution >= 0.6 is 0 Å². The Balaban J connectivity index is 4.05. The smallest absolute Gasteiger partial charge is 0.183 e. The van der Waals surface area contributed by atoms with E-state index >= 15 is 0 Å². The van der Waals surface area contributed by atoms with Gasteiger partial charge in [-0.1, -0.05) is 0 Å². The maximum atomic E-state index is 9.01. The molecule has 0 unspecified atom stereocenters. The largest absolute Gasteiger partial charge is 0.347 e. The first-order valence-corrected chi connectivity index (χ1v) is 3.82. The second-order valence-electron chi connectivity index (χ2n) is 3.16. The zero-order chi connectivity index (χ0) is 8.91. The molecule has 0 rings (SSSR count). The highest BCUT2D eigenvalue weighted by Crippen LogP contribution is 2.03. The number of hydrogen-bond donors (Lipinski definition) is 2. The van der Waals surface area contributed by atoms with Gasteiger partial charge in [0, 0.05) is 0 Å². The van der Waals surface area contributed by atoms with E-state index in [4.69, 9.17) is 10.2 Å². The van der Waals surface area contributed by atoms with E-state index in [0.29, 0.717) is 11.2 Å². The van der Waals surface area contributed by atoms with E-state index in [1.807, 2.05) is 25.9 Å². The van der Waals surface area contributed by atoms with Crippen LogP contribution in [0.5, 0.6) is 0 Å². The third-order valence-electron chi connectivity index (χ3n) is 1.85. The van der Waals surface area contributed by atoms with Gasteiger partial charge in [-0.25, -0.2) is 0 Å². The van der Waals surface area contributed by atoms with Gasteiger partial charge in [0.25, 0.3) is 0 Å². The summed E-state index contributed by atoms with van der Waals surface area (Å²) in [5, 5.41) is 18.0. The molecule has 0 aliphatic rings. The van der Waals surface area contributed by atoms with Gasteiger partial charge in [0.05, 0.1) is 6.54 Å². The molecular formula is C7H19N2O2+. The lowest BCUT2D eigenvalue weighted by Crippen LogP contribution is -2.53. The van der Waals surface area contributed by atoms with Crippen molar-refractivity contribution in [1.82, 2.24) is 4.90 Å². The number of quaternary nitrogens is 1. The first-order valence-electron chi connectivity index (χ1n) is 3.82. The Morgan fingerprint density at radius 3 is 1.73 bits per heavy atom. The van der Waals surface area contributed by atoms with Crippen LogP contribution in [0.4, 0.5) is 0 Å². The molecule has 0 heterocycles. The van der Waals surface area contributed by atoms with Gasteiger partial charge in [-0.2, -0.15) is 0 Å². The summed E-state index contributed by atoms with van der Waals surface area (Å²) in [6.07, 6.45) is 0. The lowest BCUT2D eigenvalue weighted by Gasteiger charge is -2.35. The van der Waals surface area contributed by atoms with Crippen LogP contribution in [-0.4, -0.2) is 60.4 Å². The highest BCUT2D eigenvalue weighted by atomic mass is 16.3. The summed E-state index contributed by atoms with van der Waals surface area (Å²) in [5.41, 5.74) is 0. The molecule has 2 N–H and O–H groups in total. The van der Waals surface area contributed by atoms with Crippen molar-refractivity contribution in [3.8, 4) is 0 Å². The Morgan fingerprint density at radius 2 is 1.64 bits per heavy atom. The van der Waals surface area contributed by atoms with Crippen molar-refractivity contribution in [3.63, 3.8) is 0 Å². The first kappa shape index (κ1) is 10.8. The quantitative estimate of drug-likeness (QED) is 0.414. The fourth-order valence-electron chi connectivity index (χ4n) is 1.03. The van der Waals surface area contributed by atoms with Gasteiger partial charge in [-0.3, -0.25) is 9.38 Å². The minimum atomic E-state index is -0.00875. The van der Waals surface area contributed by atoms with Gasteiger partial charge < -0.3 is 10.2 Å². The molecule has 0 bridgehead atoms. The molecule has 0 saturated carbocycles. The summed E-state index contributed by atoms with van der Waals surface area (Å²) in [6, 6.07) is 0. The van der Waals surface area contributed by atoms with Crippen LogP contribution in [0.25, 0.3) is 0 Å². The molecule has 0 amide bonds. The molecular weight excluding hydrogens is 144 g/mol. The second kappa shape index (κ2) is 4.66. The third-order valence-corrected chi connectivity index (χ3v) is 1.85. The molecule has 0 aliphatic carbocycles. The molecule has 0 aromatic carbocycles.